The molecule has 2 aromatic carbocycles. The van der Waals surface area contributed by atoms with Crippen LogP contribution in [0.3, 0.4) is 0 Å². The monoisotopic (exact) mass is 370 g/mol. The van der Waals surface area contributed by atoms with Crippen LogP contribution in [0.2, 0.25) is 0 Å². The number of hydrogen-bond acceptors (Lipinski definition) is 4. The Balaban J connectivity index is 1.37. The van der Waals surface area contributed by atoms with E-state index < -0.39 is 0 Å². The fraction of sp³-hybridized carbons (Fsp3) is 0.0870. The van der Waals surface area contributed by atoms with E-state index in [2.05, 4.69) is 10.3 Å². The van der Waals surface area contributed by atoms with Crippen LogP contribution in [0.25, 0.3) is 6.08 Å². The summed E-state index contributed by atoms with van der Waals surface area (Å²) in [4.78, 5) is 27.8. The minimum absolute atomic E-state index is 0.0404. The third-order valence-corrected chi connectivity index (χ3v) is 4.48. The van der Waals surface area contributed by atoms with E-state index >= 15 is 0 Å². The van der Waals surface area contributed by atoms with E-state index in [1.54, 1.807) is 42.7 Å². The number of fused-ring (bicyclic) bond motifs is 1. The summed E-state index contributed by atoms with van der Waals surface area (Å²) in [5.74, 6) is 0.623. The number of pyridine rings is 1. The van der Waals surface area contributed by atoms with Gasteiger partial charge >= 0.3 is 0 Å². The molecule has 0 saturated heterocycles. The van der Waals surface area contributed by atoms with Gasteiger partial charge in [0.15, 0.2) is 5.78 Å². The van der Waals surface area contributed by atoms with Gasteiger partial charge in [0.2, 0.25) is 5.91 Å². The number of benzene rings is 2. The van der Waals surface area contributed by atoms with Crippen LogP contribution in [0.4, 0.5) is 5.69 Å². The molecular formula is C23H18N2O3. The zero-order valence-corrected chi connectivity index (χ0v) is 15.1. The average Bonchev–Trinajstić information content (AvgIpc) is 3.11. The Morgan fingerprint density at radius 3 is 2.64 bits per heavy atom. The molecule has 0 fully saturated rings. The van der Waals surface area contributed by atoms with E-state index in [0.717, 1.165) is 28.1 Å². The molecule has 0 saturated carbocycles. The molecule has 4 rings (SSSR count). The molecule has 1 aliphatic heterocycles. The van der Waals surface area contributed by atoms with Crippen molar-refractivity contribution in [3.05, 3.63) is 95.3 Å². The second-order valence-corrected chi connectivity index (χ2v) is 6.51. The highest BCUT2D eigenvalue weighted by atomic mass is 16.5. The van der Waals surface area contributed by atoms with Gasteiger partial charge < -0.3 is 10.1 Å². The molecule has 0 bridgehead atoms. The number of carbonyl (C=O) groups excluding carboxylic acids is 2. The van der Waals surface area contributed by atoms with Crippen LogP contribution in [-0.2, 0) is 17.8 Å². The highest BCUT2D eigenvalue weighted by Crippen LogP contribution is 2.24. The Morgan fingerprint density at radius 2 is 1.86 bits per heavy atom. The number of ketones is 1. The number of ether oxygens (including phenoxy) is 1. The predicted octanol–water partition coefficient (Wildman–Crippen LogP) is 4.05. The van der Waals surface area contributed by atoms with Gasteiger partial charge in [-0.1, -0.05) is 18.2 Å². The molecule has 5 nitrogen and oxygen atoms in total. The van der Waals surface area contributed by atoms with Crippen LogP contribution >= 0.6 is 0 Å². The average molecular weight is 370 g/mol. The molecule has 1 amide bonds. The highest BCUT2D eigenvalue weighted by Gasteiger charge is 2.18. The molecule has 1 aromatic heterocycles. The molecule has 0 unspecified atom stereocenters. The molecule has 28 heavy (non-hydrogen) atoms. The zero-order chi connectivity index (χ0) is 19.3. The van der Waals surface area contributed by atoms with E-state index in [-0.39, 0.29) is 11.7 Å². The quantitative estimate of drug-likeness (QED) is 0.525. The van der Waals surface area contributed by atoms with Crippen molar-refractivity contribution < 1.29 is 14.3 Å². The zero-order valence-electron chi connectivity index (χ0n) is 15.1. The van der Waals surface area contributed by atoms with E-state index in [0.29, 0.717) is 18.6 Å². The summed E-state index contributed by atoms with van der Waals surface area (Å²) in [6, 6.07) is 16.6. The number of aromatic nitrogens is 1. The standard InChI is InChI=1S/C23H18N2O3/c26-22(18-4-7-21-19(13-18)14-23(27)25-21)8-3-16-1-5-20(6-2-16)28-15-17-9-11-24-12-10-17/h1-13H,14-15H2,(H,25,27)/b8-3+. The third-order valence-electron chi connectivity index (χ3n) is 4.48. The molecule has 0 spiro atoms. The van der Waals surface area contributed by atoms with Crippen LogP contribution in [0.5, 0.6) is 5.75 Å². The first-order valence-corrected chi connectivity index (χ1v) is 8.94. The topological polar surface area (TPSA) is 68.3 Å². The van der Waals surface area contributed by atoms with Crippen molar-refractivity contribution in [2.24, 2.45) is 0 Å². The SMILES string of the molecule is O=C1Cc2cc(C(=O)/C=C/c3ccc(OCc4ccncc4)cc3)ccc2N1. The molecule has 1 N–H and O–H groups in total. The summed E-state index contributed by atoms with van der Waals surface area (Å²) in [5.41, 5.74) is 4.18. The Bertz CT molecular complexity index is 1040. The van der Waals surface area contributed by atoms with Crippen molar-refractivity contribution in [1.82, 2.24) is 4.98 Å². The molecule has 5 heteroatoms. The lowest BCUT2D eigenvalue weighted by Crippen LogP contribution is -2.03. The molecule has 3 aromatic rings. The first-order valence-electron chi connectivity index (χ1n) is 8.94. The maximum absolute atomic E-state index is 12.4. The lowest BCUT2D eigenvalue weighted by atomic mass is 10.0. The van der Waals surface area contributed by atoms with E-state index in [1.165, 1.54) is 0 Å². The molecule has 0 aliphatic carbocycles. The number of anilines is 1. The Labute approximate surface area is 162 Å². The highest BCUT2D eigenvalue weighted by molar-refractivity contribution is 6.08. The van der Waals surface area contributed by atoms with Crippen LogP contribution in [0, 0.1) is 0 Å². The first-order chi connectivity index (χ1) is 13.7. The van der Waals surface area contributed by atoms with E-state index in [9.17, 15) is 9.59 Å². The smallest absolute Gasteiger partial charge is 0.228 e. The maximum Gasteiger partial charge on any atom is 0.228 e. The second kappa shape index (κ2) is 7.88. The lowest BCUT2D eigenvalue weighted by Gasteiger charge is -2.06. The molecule has 0 radical (unpaired) electrons. The normalized spacial score (nSPS) is 12.6. The van der Waals surface area contributed by atoms with Gasteiger partial charge in [-0.15, -0.1) is 0 Å². The van der Waals surface area contributed by atoms with Gasteiger partial charge in [0, 0.05) is 23.6 Å². The van der Waals surface area contributed by atoms with Crippen LogP contribution in [-0.4, -0.2) is 16.7 Å². The second-order valence-electron chi connectivity index (χ2n) is 6.51. The van der Waals surface area contributed by atoms with Crippen molar-refractivity contribution in [3.63, 3.8) is 0 Å². The maximum atomic E-state index is 12.4. The summed E-state index contributed by atoms with van der Waals surface area (Å²) in [7, 11) is 0. The number of hydrogen-bond donors (Lipinski definition) is 1. The summed E-state index contributed by atoms with van der Waals surface area (Å²) in [6.45, 7) is 0.478. The summed E-state index contributed by atoms with van der Waals surface area (Å²) < 4.78 is 5.74. The summed E-state index contributed by atoms with van der Waals surface area (Å²) >= 11 is 0. The van der Waals surface area contributed by atoms with Crippen molar-refractivity contribution >= 4 is 23.5 Å². The lowest BCUT2D eigenvalue weighted by molar-refractivity contribution is -0.115. The Morgan fingerprint density at radius 1 is 1.07 bits per heavy atom. The number of nitrogens with zero attached hydrogens (tertiary/aromatic N) is 1. The molecule has 138 valence electrons. The minimum atomic E-state index is -0.0971. The van der Waals surface area contributed by atoms with Gasteiger partial charge in [0.1, 0.15) is 12.4 Å². The van der Waals surface area contributed by atoms with Crippen LogP contribution in [0.15, 0.2) is 73.1 Å². The third kappa shape index (κ3) is 4.15. The van der Waals surface area contributed by atoms with Gasteiger partial charge in [-0.25, -0.2) is 0 Å². The number of rotatable bonds is 6. The molecule has 2 heterocycles. The number of allylic oxidation sites excluding steroid dienone is 1. The van der Waals surface area contributed by atoms with E-state index in [4.69, 9.17) is 4.74 Å². The number of amides is 1. The van der Waals surface area contributed by atoms with Crippen LogP contribution < -0.4 is 10.1 Å². The van der Waals surface area contributed by atoms with Crippen molar-refractivity contribution in [2.45, 2.75) is 13.0 Å². The van der Waals surface area contributed by atoms with Crippen molar-refractivity contribution in [3.8, 4) is 5.75 Å². The summed E-state index contributed by atoms with van der Waals surface area (Å²) in [5, 5.41) is 2.76. The summed E-state index contributed by atoms with van der Waals surface area (Å²) in [6.07, 6.45) is 7.10. The minimum Gasteiger partial charge on any atom is -0.489 e. The molecule has 1 aliphatic rings. The predicted molar refractivity (Wildman–Crippen MR) is 107 cm³/mol. The van der Waals surface area contributed by atoms with Crippen LogP contribution in [0.1, 0.15) is 27.0 Å². The largest absolute Gasteiger partial charge is 0.489 e. The molecule has 0 atom stereocenters. The van der Waals surface area contributed by atoms with Crippen molar-refractivity contribution in [1.29, 1.82) is 0 Å². The fourth-order valence-corrected chi connectivity index (χ4v) is 2.97. The van der Waals surface area contributed by atoms with Gasteiger partial charge in [-0.2, -0.15) is 0 Å². The Hall–Kier alpha value is -3.73. The van der Waals surface area contributed by atoms with Gasteiger partial charge in [0.05, 0.1) is 6.42 Å². The van der Waals surface area contributed by atoms with Gasteiger partial charge in [-0.05, 0) is 65.2 Å². The Kier molecular flexibility index (Phi) is 4.97. The van der Waals surface area contributed by atoms with E-state index in [1.807, 2.05) is 36.4 Å². The van der Waals surface area contributed by atoms with Gasteiger partial charge in [0.25, 0.3) is 0 Å². The first kappa shape index (κ1) is 17.7. The van der Waals surface area contributed by atoms with Crippen molar-refractivity contribution in [2.75, 3.05) is 5.32 Å². The number of nitrogens with one attached hydrogen (secondary N) is 1. The number of carbonyl (C=O) groups is 2. The molecular weight excluding hydrogens is 352 g/mol. The van der Waals surface area contributed by atoms with Gasteiger partial charge in [-0.3, -0.25) is 14.6 Å². The fourth-order valence-electron chi connectivity index (χ4n) is 2.97.